The lowest BCUT2D eigenvalue weighted by Crippen LogP contribution is -2.52. The predicted molar refractivity (Wildman–Crippen MR) is 170 cm³/mol. The van der Waals surface area contributed by atoms with E-state index >= 15 is 0 Å². The van der Waals surface area contributed by atoms with Crippen LogP contribution in [-0.2, 0) is 26.2 Å². The van der Waals surface area contributed by atoms with E-state index in [0.717, 1.165) is 41.1 Å². The van der Waals surface area contributed by atoms with Gasteiger partial charge in [-0.15, -0.1) is 0 Å². The van der Waals surface area contributed by atoms with Gasteiger partial charge in [0, 0.05) is 28.2 Å². The first-order valence-corrected chi connectivity index (χ1v) is 16.4. The molecule has 1 atom stereocenters. The summed E-state index contributed by atoms with van der Waals surface area (Å²) in [5, 5.41) is 3.71. The summed E-state index contributed by atoms with van der Waals surface area (Å²) in [6, 6.07) is 15.6. The number of aryl methyl sites for hydroxylation is 2. The Kier molecular flexibility index (Phi) is 10.6. The molecule has 4 rings (SSSR count). The predicted octanol–water partition coefficient (Wildman–Crippen LogP) is 6.29. The number of nitrogens with one attached hydrogen (secondary N) is 1. The Bertz CT molecular complexity index is 1550. The van der Waals surface area contributed by atoms with Crippen LogP contribution in [0.5, 0.6) is 5.75 Å². The van der Waals surface area contributed by atoms with Crippen molar-refractivity contribution in [2.45, 2.75) is 70.0 Å². The molecule has 1 N–H and O–H groups in total. The molecule has 0 spiro atoms. The average molecular weight is 647 g/mol. The highest BCUT2D eigenvalue weighted by molar-refractivity contribution is 7.92. The Morgan fingerprint density at radius 2 is 1.58 bits per heavy atom. The van der Waals surface area contributed by atoms with Gasteiger partial charge in [0.1, 0.15) is 18.3 Å². The fraction of sp³-hybridized carbons (Fsp3) is 0.375. The summed E-state index contributed by atoms with van der Waals surface area (Å²) in [7, 11) is -2.81. The van der Waals surface area contributed by atoms with E-state index in [0.29, 0.717) is 15.6 Å². The van der Waals surface area contributed by atoms with Crippen LogP contribution in [0.25, 0.3) is 0 Å². The summed E-state index contributed by atoms with van der Waals surface area (Å²) in [4.78, 5) is 29.0. The van der Waals surface area contributed by atoms with E-state index in [2.05, 4.69) is 5.32 Å². The number of amides is 2. The fourth-order valence-electron chi connectivity index (χ4n) is 5.17. The minimum Gasteiger partial charge on any atom is -0.495 e. The first-order chi connectivity index (χ1) is 20.4. The zero-order valence-electron chi connectivity index (χ0n) is 24.8. The Morgan fingerprint density at radius 3 is 2.19 bits per heavy atom. The maximum Gasteiger partial charge on any atom is 0.264 e. The lowest BCUT2D eigenvalue weighted by molar-refractivity contribution is -0.139. The number of anilines is 1. The Balaban J connectivity index is 1.77. The fourth-order valence-corrected chi connectivity index (χ4v) is 7.11. The molecular weight excluding hydrogens is 609 g/mol. The largest absolute Gasteiger partial charge is 0.495 e. The lowest BCUT2D eigenvalue weighted by Gasteiger charge is -2.33. The molecule has 1 aliphatic rings. The summed E-state index contributed by atoms with van der Waals surface area (Å²) in [5.74, 6) is -0.657. The minimum absolute atomic E-state index is 0.0159. The maximum atomic E-state index is 14.3. The summed E-state index contributed by atoms with van der Waals surface area (Å²) >= 11 is 13.0. The number of carbonyl (C=O) groups is 2. The summed E-state index contributed by atoms with van der Waals surface area (Å²) < 4.78 is 34.9. The van der Waals surface area contributed by atoms with E-state index < -0.39 is 28.5 Å². The van der Waals surface area contributed by atoms with Crippen LogP contribution in [0, 0.1) is 13.8 Å². The number of methoxy groups -OCH3 is 1. The van der Waals surface area contributed by atoms with Crippen LogP contribution in [0.15, 0.2) is 65.6 Å². The molecule has 0 aliphatic heterocycles. The normalized spacial score (nSPS) is 14.3. The van der Waals surface area contributed by atoms with Crippen molar-refractivity contribution in [3.05, 3.63) is 87.4 Å². The second kappa shape index (κ2) is 14.0. The summed E-state index contributed by atoms with van der Waals surface area (Å²) in [6.45, 7) is 4.61. The first kappa shape index (κ1) is 32.6. The number of hydrogen-bond donors (Lipinski definition) is 1. The molecule has 2 amide bonds. The van der Waals surface area contributed by atoms with Crippen molar-refractivity contribution in [1.29, 1.82) is 0 Å². The minimum atomic E-state index is -4.25. The summed E-state index contributed by atoms with van der Waals surface area (Å²) in [6.07, 6.45) is 3.81. The number of sulfonamides is 1. The second-order valence-electron chi connectivity index (χ2n) is 10.9. The van der Waals surface area contributed by atoms with Crippen molar-refractivity contribution in [2.75, 3.05) is 18.0 Å². The van der Waals surface area contributed by atoms with Crippen LogP contribution in [-0.4, -0.2) is 50.9 Å². The number of carbonyl (C=O) groups excluding carboxylic acids is 2. The molecule has 3 aromatic carbocycles. The topological polar surface area (TPSA) is 96.0 Å². The highest BCUT2D eigenvalue weighted by Gasteiger charge is 2.35. The second-order valence-corrected chi connectivity index (χ2v) is 13.6. The Morgan fingerprint density at radius 1 is 0.977 bits per heavy atom. The molecule has 0 saturated heterocycles. The molecule has 8 nitrogen and oxygen atoms in total. The van der Waals surface area contributed by atoms with Crippen molar-refractivity contribution in [3.63, 3.8) is 0 Å². The van der Waals surface area contributed by atoms with Gasteiger partial charge in [0.2, 0.25) is 11.8 Å². The molecule has 0 unspecified atom stereocenters. The molecule has 0 aromatic heterocycles. The molecule has 0 heterocycles. The van der Waals surface area contributed by atoms with E-state index in [-0.39, 0.29) is 34.8 Å². The smallest absolute Gasteiger partial charge is 0.264 e. The molecule has 230 valence electrons. The van der Waals surface area contributed by atoms with E-state index in [1.165, 1.54) is 24.1 Å². The maximum absolute atomic E-state index is 14.3. The zero-order valence-corrected chi connectivity index (χ0v) is 27.1. The lowest BCUT2D eigenvalue weighted by atomic mass is 10.1. The van der Waals surface area contributed by atoms with Crippen molar-refractivity contribution in [1.82, 2.24) is 10.2 Å². The average Bonchev–Trinajstić information content (AvgIpc) is 3.48. The monoisotopic (exact) mass is 645 g/mol. The molecule has 3 aromatic rings. The van der Waals surface area contributed by atoms with Crippen molar-refractivity contribution >= 4 is 50.7 Å². The van der Waals surface area contributed by atoms with Gasteiger partial charge in [-0.05, 0) is 75.6 Å². The molecule has 1 saturated carbocycles. The van der Waals surface area contributed by atoms with Gasteiger partial charge in [-0.2, -0.15) is 0 Å². The van der Waals surface area contributed by atoms with Gasteiger partial charge >= 0.3 is 0 Å². The van der Waals surface area contributed by atoms with Gasteiger partial charge in [-0.1, -0.05) is 65.9 Å². The van der Waals surface area contributed by atoms with Crippen molar-refractivity contribution in [2.24, 2.45) is 0 Å². The number of halogens is 2. The standard InChI is InChI=1S/C32H37Cl2N3O5S/c1-21-12-15-25(16-13-21)43(40,41)37(29-18-22(2)14-17-30(29)42-4)20-31(38)36(19-26-27(33)10-7-11-28(26)34)23(3)32(39)35-24-8-5-6-9-24/h7,10-18,23-24H,5-6,8-9,19-20H2,1-4H3,(H,35,39)/t23-/m0/s1. The molecular formula is C32H37Cl2N3O5S. The highest BCUT2D eigenvalue weighted by Crippen LogP contribution is 2.34. The van der Waals surface area contributed by atoms with E-state index in [4.69, 9.17) is 27.9 Å². The third-order valence-electron chi connectivity index (χ3n) is 7.75. The highest BCUT2D eigenvalue weighted by atomic mass is 35.5. The van der Waals surface area contributed by atoms with Gasteiger partial charge in [0.15, 0.2) is 0 Å². The Labute approximate surface area is 264 Å². The van der Waals surface area contributed by atoms with Crippen molar-refractivity contribution < 1.29 is 22.7 Å². The third-order valence-corrected chi connectivity index (χ3v) is 10.2. The van der Waals surface area contributed by atoms with Crippen LogP contribution in [0.3, 0.4) is 0 Å². The summed E-state index contributed by atoms with van der Waals surface area (Å²) in [5.41, 5.74) is 2.33. The molecule has 1 aliphatic carbocycles. The molecule has 0 radical (unpaired) electrons. The van der Waals surface area contributed by atoms with Crippen LogP contribution in [0.4, 0.5) is 5.69 Å². The molecule has 0 bridgehead atoms. The quantitative estimate of drug-likeness (QED) is 0.264. The van der Waals surface area contributed by atoms with E-state index in [1.54, 1.807) is 55.5 Å². The van der Waals surface area contributed by atoms with Crippen LogP contribution in [0.2, 0.25) is 10.0 Å². The number of hydrogen-bond acceptors (Lipinski definition) is 5. The SMILES string of the molecule is COc1ccc(C)cc1N(CC(=O)N(Cc1c(Cl)cccc1Cl)[C@@H](C)C(=O)NC1CCCC1)S(=O)(=O)c1ccc(C)cc1. The van der Waals surface area contributed by atoms with Gasteiger partial charge in [-0.25, -0.2) is 8.42 Å². The van der Waals surface area contributed by atoms with Crippen LogP contribution >= 0.6 is 23.2 Å². The number of nitrogens with zero attached hydrogens (tertiary/aromatic N) is 2. The van der Waals surface area contributed by atoms with Gasteiger partial charge in [0.05, 0.1) is 17.7 Å². The molecule has 11 heteroatoms. The van der Waals surface area contributed by atoms with Crippen LogP contribution in [0.1, 0.15) is 49.3 Å². The first-order valence-electron chi connectivity index (χ1n) is 14.2. The number of rotatable bonds is 11. The number of benzene rings is 3. The van der Waals surface area contributed by atoms with E-state index in [9.17, 15) is 18.0 Å². The van der Waals surface area contributed by atoms with Crippen molar-refractivity contribution in [3.8, 4) is 5.75 Å². The zero-order chi connectivity index (χ0) is 31.3. The molecule has 43 heavy (non-hydrogen) atoms. The third kappa shape index (κ3) is 7.63. The molecule has 1 fully saturated rings. The Hall–Kier alpha value is -3.27. The van der Waals surface area contributed by atoms with Crippen LogP contribution < -0.4 is 14.4 Å². The van der Waals surface area contributed by atoms with Gasteiger partial charge in [-0.3, -0.25) is 13.9 Å². The van der Waals surface area contributed by atoms with Gasteiger partial charge in [0.25, 0.3) is 10.0 Å². The number of ether oxygens (including phenoxy) is 1. The van der Waals surface area contributed by atoms with Gasteiger partial charge < -0.3 is 15.0 Å². The van der Waals surface area contributed by atoms with E-state index in [1.807, 2.05) is 13.8 Å².